The number of hydrogen-bond acceptors (Lipinski definition) is 4. The Labute approximate surface area is 57.8 Å². The van der Waals surface area contributed by atoms with Gasteiger partial charge in [0.25, 0.3) is 5.91 Å². The predicted octanol–water partition coefficient (Wildman–Crippen LogP) is -1.29. The second-order valence-corrected chi connectivity index (χ2v) is 1.35. The molecule has 0 aromatic heterocycles. The summed E-state index contributed by atoms with van der Waals surface area (Å²) >= 11 is 0. The van der Waals surface area contributed by atoms with Crippen LogP contribution in [-0.2, 0) is 14.4 Å². The summed E-state index contributed by atoms with van der Waals surface area (Å²) in [5.41, 5.74) is 6.64. The highest BCUT2D eigenvalue weighted by molar-refractivity contribution is 5.87. The van der Waals surface area contributed by atoms with E-state index < -0.39 is 11.9 Å². The van der Waals surface area contributed by atoms with Gasteiger partial charge in [-0.05, 0) is 6.08 Å². The van der Waals surface area contributed by atoms with Crippen LogP contribution in [0.2, 0.25) is 0 Å². The third-order valence-corrected chi connectivity index (χ3v) is 0.618. The van der Waals surface area contributed by atoms with Crippen molar-refractivity contribution in [2.45, 2.75) is 0 Å². The summed E-state index contributed by atoms with van der Waals surface area (Å²) in [5, 5.41) is 0. The van der Waals surface area contributed by atoms with Crippen LogP contribution in [0.25, 0.3) is 0 Å². The van der Waals surface area contributed by atoms with Crippen molar-refractivity contribution in [3.63, 3.8) is 0 Å². The van der Waals surface area contributed by atoms with Crippen LogP contribution in [0.3, 0.4) is 0 Å². The number of hydrogen-bond donors (Lipinski definition) is 2. The molecule has 0 saturated carbocycles. The molecule has 0 aromatic carbocycles. The van der Waals surface area contributed by atoms with Gasteiger partial charge in [0.05, 0.1) is 6.54 Å². The van der Waals surface area contributed by atoms with Crippen molar-refractivity contribution in [1.82, 2.24) is 5.48 Å². The molecule has 0 spiro atoms. The van der Waals surface area contributed by atoms with E-state index in [1.165, 1.54) is 0 Å². The second-order valence-electron chi connectivity index (χ2n) is 1.35. The Kier molecular flexibility index (Phi) is 3.90. The van der Waals surface area contributed by atoms with Gasteiger partial charge in [0.15, 0.2) is 0 Å². The molecule has 0 bridgehead atoms. The first-order chi connectivity index (χ1) is 4.70. The monoisotopic (exact) mass is 144 g/mol. The molecule has 0 radical (unpaired) electrons. The Bertz CT molecular complexity index is 155. The SMILES string of the molecule is C=CC(=O)NOC(=O)CN. The molecular weight excluding hydrogens is 136 g/mol. The number of rotatable bonds is 2. The van der Waals surface area contributed by atoms with Crippen molar-refractivity contribution < 1.29 is 14.4 Å². The van der Waals surface area contributed by atoms with E-state index in [9.17, 15) is 9.59 Å². The fourth-order valence-electron chi connectivity index (χ4n) is 0.191. The summed E-state index contributed by atoms with van der Waals surface area (Å²) in [5.74, 6) is -1.28. The van der Waals surface area contributed by atoms with E-state index in [1.54, 1.807) is 5.48 Å². The predicted molar refractivity (Wildman–Crippen MR) is 33.5 cm³/mol. The van der Waals surface area contributed by atoms with Crippen molar-refractivity contribution in [3.8, 4) is 0 Å². The van der Waals surface area contributed by atoms with Crippen LogP contribution in [0.5, 0.6) is 0 Å². The molecule has 0 rings (SSSR count). The van der Waals surface area contributed by atoms with Gasteiger partial charge in [-0.15, -0.1) is 0 Å². The zero-order valence-corrected chi connectivity index (χ0v) is 5.29. The average Bonchev–Trinajstić information content (AvgIpc) is 1.99. The molecular formula is C5H8N2O3. The maximum atomic E-state index is 10.3. The highest BCUT2D eigenvalue weighted by Gasteiger charge is 1.99. The van der Waals surface area contributed by atoms with Gasteiger partial charge in [0.1, 0.15) is 0 Å². The van der Waals surface area contributed by atoms with Crippen molar-refractivity contribution >= 4 is 11.9 Å². The molecule has 5 heteroatoms. The zero-order chi connectivity index (χ0) is 7.98. The fraction of sp³-hybridized carbons (Fsp3) is 0.200. The normalized spacial score (nSPS) is 8.10. The smallest absolute Gasteiger partial charge is 0.339 e. The first kappa shape index (κ1) is 8.64. The van der Waals surface area contributed by atoms with Crippen molar-refractivity contribution in [2.75, 3.05) is 6.54 Å². The lowest BCUT2D eigenvalue weighted by molar-refractivity contribution is -0.155. The minimum Gasteiger partial charge on any atom is -0.339 e. The molecule has 56 valence electrons. The standard InChI is InChI=1S/C5H8N2O3/c1-2-4(8)7-10-5(9)3-6/h2H,1,3,6H2,(H,7,8). The summed E-state index contributed by atoms with van der Waals surface area (Å²) in [4.78, 5) is 24.6. The van der Waals surface area contributed by atoms with Crippen molar-refractivity contribution in [1.29, 1.82) is 0 Å². The highest BCUT2D eigenvalue weighted by Crippen LogP contribution is 1.70. The lowest BCUT2D eigenvalue weighted by Crippen LogP contribution is -2.28. The van der Waals surface area contributed by atoms with E-state index in [1.807, 2.05) is 0 Å². The molecule has 0 aliphatic carbocycles. The van der Waals surface area contributed by atoms with Crippen LogP contribution in [-0.4, -0.2) is 18.4 Å². The Morgan fingerprint density at radius 3 is 2.70 bits per heavy atom. The van der Waals surface area contributed by atoms with Crippen LogP contribution in [0, 0.1) is 0 Å². The third kappa shape index (κ3) is 3.62. The van der Waals surface area contributed by atoms with Crippen LogP contribution in [0.4, 0.5) is 0 Å². The number of amides is 1. The molecule has 3 N–H and O–H groups in total. The van der Waals surface area contributed by atoms with Gasteiger partial charge in [-0.25, -0.2) is 4.79 Å². The molecule has 1 amide bonds. The molecule has 0 atom stereocenters. The van der Waals surface area contributed by atoms with Gasteiger partial charge in [0, 0.05) is 0 Å². The Morgan fingerprint density at radius 2 is 2.30 bits per heavy atom. The van der Waals surface area contributed by atoms with E-state index in [4.69, 9.17) is 5.73 Å². The zero-order valence-electron chi connectivity index (χ0n) is 5.29. The van der Waals surface area contributed by atoms with E-state index in [-0.39, 0.29) is 6.54 Å². The molecule has 0 aliphatic rings. The van der Waals surface area contributed by atoms with Gasteiger partial charge in [0.2, 0.25) is 0 Å². The van der Waals surface area contributed by atoms with Crippen LogP contribution >= 0.6 is 0 Å². The minimum atomic E-state index is -0.699. The molecule has 5 nitrogen and oxygen atoms in total. The molecule has 0 aromatic rings. The van der Waals surface area contributed by atoms with Crippen LogP contribution < -0.4 is 11.2 Å². The Morgan fingerprint density at radius 1 is 1.70 bits per heavy atom. The summed E-state index contributed by atoms with van der Waals surface area (Å²) in [6.45, 7) is 2.86. The second kappa shape index (κ2) is 4.51. The van der Waals surface area contributed by atoms with E-state index in [2.05, 4.69) is 11.4 Å². The van der Waals surface area contributed by atoms with Gasteiger partial charge < -0.3 is 10.6 Å². The quantitative estimate of drug-likeness (QED) is 0.373. The van der Waals surface area contributed by atoms with Gasteiger partial charge in [-0.3, -0.25) is 4.79 Å². The fourth-order valence-corrected chi connectivity index (χ4v) is 0.191. The van der Waals surface area contributed by atoms with Gasteiger partial charge >= 0.3 is 5.97 Å². The maximum Gasteiger partial charge on any atom is 0.345 e. The summed E-state index contributed by atoms with van der Waals surface area (Å²) < 4.78 is 0. The molecule has 0 fully saturated rings. The third-order valence-electron chi connectivity index (χ3n) is 0.618. The van der Waals surface area contributed by atoms with Gasteiger partial charge in [-0.1, -0.05) is 6.58 Å². The largest absolute Gasteiger partial charge is 0.345 e. The maximum absolute atomic E-state index is 10.3. The minimum absolute atomic E-state index is 0.266. The first-order valence-corrected chi connectivity index (χ1v) is 2.53. The summed E-state index contributed by atoms with van der Waals surface area (Å²) in [6.07, 6.45) is 0.976. The van der Waals surface area contributed by atoms with Crippen LogP contribution in [0.1, 0.15) is 0 Å². The molecule has 0 heterocycles. The van der Waals surface area contributed by atoms with E-state index in [0.29, 0.717) is 0 Å². The number of carbonyl (C=O) groups is 2. The number of nitrogens with two attached hydrogens (primary N) is 1. The molecule has 0 unspecified atom stereocenters. The number of hydroxylamine groups is 1. The number of carbonyl (C=O) groups excluding carboxylic acids is 2. The van der Waals surface area contributed by atoms with Crippen LogP contribution in [0.15, 0.2) is 12.7 Å². The van der Waals surface area contributed by atoms with Crippen molar-refractivity contribution in [3.05, 3.63) is 12.7 Å². The van der Waals surface area contributed by atoms with Crippen molar-refractivity contribution in [2.24, 2.45) is 5.73 Å². The Balaban J connectivity index is 3.44. The molecule has 0 aliphatic heterocycles. The summed E-state index contributed by atoms with van der Waals surface area (Å²) in [6, 6.07) is 0. The summed E-state index contributed by atoms with van der Waals surface area (Å²) in [7, 11) is 0. The first-order valence-electron chi connectivity index (χ1n) is 2.53. The lowest BCUT2D eigenvalue weighted by atomic mass is 10.6. The molecule has 0 saturated heterocycles. The topological polar surface area (TPSA) is 81.4 Å². The molecule has 10 heavy (non-hydrogen) atoms. The highest BCUT2D eigenvalue weighted by atomic mass is 16.7. The average molecular weight is 144 g/mol. The lowest BCUT2D eigenvalue weighted by Gasteiger charge is -1.99. The number of nitrogens with one attached hydrogen (secondary N) is 1. The Hall–Kier alpha value is -1.36. The van der Waals surface area contributed by atoms with E-state index in [0.717, 1.165) is 6.08 Å². The van der Waals surface area contributed by atoms with E-state index >= 15 is 0 Å². The van der Waals surface area contributed by atoms with Gasteiger partial charge in [-0.2, -0.15) is 5.48 Å².